The number of aromatic nitrogens is 3. The van der Waals surface area contributed by atoms with Gasteiger partial charge in [0.25, 0.3) is 0 Å². The van der Waals surface area contributed by atoms with Crippen LogP contribution in [0, 0.1) is 0 Å². The van der Waals surface area contributed by atoms with Crippen LogP contribution < -0.4 is 0 Å². The van der Waals surface area contributed by atoms with Crippen LogP contribution in [0.4, 0.5) is 0 Å². The van der Waals surface area contributed by atoms with E-state index < -0.39 is 0 Å². The van der Waals surface area contributed by atoms with E-state index in [4.69, 9.17) is 16.6 Å². The van der Waals surface area contributed by atoms with Gasteiger partial charge in [-0.25, -0.2) is 4.98 Å². The molecule has 6 heteroatoms. The highest BCUT2D eigenvalue weighted by molar-refractivity contribution is 6.30. The SMILES string of the molecule is CN1CCN(C2c3ccc(Cl)cc3C(CCCn3ccnc3)=Cc3cccnc32)CC1. The molecule has 0 radical (unpaired) electrons. The van der Waals surface area contributed by atoms with Crippen molar-refractivity contribution in [1.29, 1.82) is 0 Å². The molecule has 2 aliphatic rings. The fraction of sp³-hybridized carbons (Fsp3) is 0.360. The van der Waals surface area contributed by atoms with Crippen molar-refractivity contribution in [2.24, 2.45) is 0 Å². The predicted molar refractivity (Wildman–Crippen MR) is 126 cm³/mol. The lowest BCUT2D eigenvalue weighted by Crippen LogP contribution is -2.46. The van der Waals surface area contributed by atoms with Crippen molar-refractivity contribution in [2.45, 2.75) is 25.4 Å². The molecule has 5 rings (SSSR count). The number of aryl methyl sites for hydroxylation is 1. The number of allylic oxidation sites excluding steroid dienone is 1. The molecule has 1 fully saturated rings. The fourth-order valence-electron chi connectivity index (χ4n) is 4.77. The first kappa shape index (κ1) is 20.4. The van der Waals surface area contributed by atoms with Gasteiger partial charge in [-0.1, -0.05) is 23.7 Å². The lowest BCUT2D eigenvalue weighted by atomic mass is 9.92. The van der Waals surface area contributed by atoms with Gasteiger partial charge in [-0.2, -0.15) is 0 Å². The van der Waals surface area contributed by atoms with Crippen molar-refractivity contribution in [1.82, 2.24) is 24.3 Å². The third kappa shape index (κ3) is 4.31. The summed E-state index contributed by atoms with van der Waals surface area (Å²) in [4.78, 5) is 14.0. The molecule has 160 valence electrons. The van der Waals surface area contributed by atoms with E-state index in [9.17, 15) is 0 Å². The van der Waals surface area contributed by atoms with E-state index in [1.165, 1.54) is 22.3 Å². The molecule has 1 aliphatic heterocycles. The van der Waals surface area contributed by atoms with E-state index >= 15 is 0 Å². The van der Waals surface area contributed by atoms with Crippen molar-refractivity contribution < 1.29 is 0 Å². The number of benzene rings is 1. The lowest BCUT2D eigenvalue weighted by Gasteiger charge is -2.38. The van der Waals surface area contributed by atoms with Gasteiger partial charge in [0.2, 0.25) is 0 Å². The largest absolute Gasteiger partial charge is 0.337 e. The van der Waals surface area contributed by atoms with Gasteiger partial charge >= 0.3 is 0 Å². The average Bonchev–Trinajstić information content (AvgIpc) is 3.25. The average molecular weight is 434 g/mol. The molecule has 1 unspecified atom stereocenters. The Morgan fingerprint density at radius 1 is 1.10 bits per heavy atom. The molecule has 1 aromatic carbocycles. The van der Waals surface area contributed by atoms with Gasteiger partial charge < -0.3 is 9.47 Å². The third-order valence-electron chi connectivity index (χ3n) is 6.44. The second kappa shape index (κ2) is 8.95. The van der Waals surface area contributed by atoms with E-state index in [2.05, 4.69) is 50.7 Å². The molecule has 3 heterocycles. The van der Waals surface area contributed by atoms with Crippen molar-refractivity contribution in [3.8, 4) is 0 Å². The Morgan fingerprint density at radius 3 is 2.77 bits per heavy atom. The van der Waals surface area contributed by atoms with Gasteiger partial charge in [0.05, 0.1) is 18.1 Å². The first-order valence-electron chi connectivity index (χ1n) is 11.0. The number of nitrogens with zero attached hydrogens (tertiary/aromatic N) is 5. The lowest BCUT2D eigenvalue weighted by molar-refractivity contribution is 0.125. The minimum atomic E-state index is 0.152. The summed E-state index contributed by atoms with van der Waals surface area (Å²) < 4.78 is 2.14. The van der Waals surface area contributed by atoms with Crippen molar-refractivity contribution in [3.05, 3.63) is 82.7 Å². The Bertz CT molecular complexity index is 1070. The molecule has 3 aromatic rings. The zero-order chi connectivity index (χ0) is 21.2. The summed E-state index contributed by atoms with van der Waals surface area (Å²) >= 11 is 6.50. The number of hydrogen-bond acceptors (Lipinski definition) is 4. The predicted octanol–water partition coefficient (Wildman–Crippen LogP) is 4.60. The van der Waals surface area contributed by atoms with Crippen LogP contribution in [0.1, 0.15) is 41.3 Å². The van der Waals surface area contributed by atoms with Crippen LogP contribution in [0.3, 0.4) is 0 Å². The number of hydrogen-bond donors (Lipinski definition) is 0. The van der Waals surface area contributed by atoms with Crippen molar-refractivity contribution in [3.63, 3.8) is 0 Å². The Morgan fingerprint density at radius 2 is 1.97 bits per heavy atom. The first-order chi connectivity index (χ1) is 15.2. The number of piperazine rings is 1. The van der Waals surface area contributed by atoms with Crippen LogP contribution in [-0.4, -0.2) is 57.6 Å². The van der Waals surface area contributed by atoms with Crippen LogP contribution in [0.5, 0.6) is 0 Å². The fourth-order valence-corrected chi connectivity index (χ4v) is 4.94. The van der Waals surface area contributed by atoms with Gasteiger partial charge in [-0.15, -0.1) is 0 Å². The highest BCUT2D eigenvalue weighted by Gasteiger charge is 2.32. The van der Waals surface area contributed by atoms with Crippen LogP contribution in [0.25, 0.3) is 11.6 Å². The summed E-state index contributed by atoms with van der Waals surface area (Å²) in [6.07, 6.45) is 12.0. The van der Waals surface area contributed by atoms with Crippen molar-refractivity contribution in [2.75, 3.05) is 33.2 Å². The summed E-state index contributed by atoms with van der Waals surface area (Å²) in [6.45, 7) is 5.18. The molecule has 0 amide bonds. The molecule has 2 aromatic heterocycles. The summed E-state index contributed by atoms with van der Waals surface area (Å²) in [5.74, 6) is 0. The zero-order valence-corrected chi connectivity index (χ0v) is 18.7. The summed E-state index contributed by atoms with van der Waals surface area (Å²) in [5.41, 5.74) is 6.29. The monoisotopic (exact) mass is 433 g/mol. The molecular formula is C25H28ClN5. The Labute approximate surface area is 189 Å². The number of fused-ring (bicyclic) bond motifs is 2. The van der Waals surface area contributed by atoms with Crippen LogP contribution in [-0.2, 0) is 6.54 Å². The van der Waals surface area contributed by atoms with E-state index in [-0.39, 0.29) is 6.04 Å². The molecule has 1 saturated heterocycles. The van der Waals surface area contributed by atoms with E-state index in [0.717, 1.165) is 56.3 Å². The minimum Gasteiger partial charge on any atom is -0.337 e. The summed E-state index contributed by atoms with van der Waals surface area (Å²) in [6, 6.07) is 10.8. The maximum absolute atomic E-state index is 6.50. The Hall–Kier alpha value is -2.47. The Balaban J connectivity index is 1.54. The van der Waals surface area contributed by atoms with Crippen LogP contribution in [0.15, 0.2) is 55.2 Å². The number of rotatable bonds is 5. The third-order valence-corrected chi connectivity index (χ3v) is 6.68. The van der Waals surface area contributed by atoms with Gasteiger partial charge in [0.1, 0.15) is 0 Å². The minimum absolute atomic E-state index is 0.152. The molecule has 0 bridgehead atoms. The summed E-state index contributed by atoms with van der Waals surface area (Å²) in [5, 5.41) is 0.787. The Kier molecular flexibility index (Phi) is 5.90. The molecule has 0 spiro atoms. The molecule has 1 atom stereocenters. The number of likely N-dealkylation sites (N-methyl/N-ethyl adjacent to an activating group) is 1. The first-order valence-corrected chi connectivity index (χ1v) is 11.4. The molecular weight excluding hydrogens is 406 g/mol. The van der Waals surface area contributed by atoms with Gasteiger partial charge in [0.15, 0.2) is 0 Å². The zero-order valence-electron chi connectivity index (χ0n) is 17.9. The van der Waals surface area contributed by atoms with Gasteiger partial charge in [-0.05, 0) is 66.4 Å². The van der Waals surface area contributed by atoms with Crippen molar-refractivity contribution >= 4 is 23.3 Å². The van der Waals surface area contributed by atoms with E-state index in [0.29, 0.717) is 0 Å². The highest BCUT2D eigenvalue weighted by Crippen LogP contribution is 2.41. The highest BCUT2D eigenvalue weighted by atomic mass is 35.5. The number of halogens is 1. The molecule has 0 N–H and O–H groups in total. The second-order valence-electron chi connectivity index (χ2n) is 8.52. The summed E-state index contributed by atoms with van der Waals surface area (Å²) in [7, 11) is 2.20. The maximum Gasteiger partial charge on any atom is 0.0945 e. The maximum atomic E-state index is 6.50. The quantitative estimate of drug-likeness (QED) is 0.589. The standard InChI is InChI=1S/C25H28ClN5/c1-29-12-14-31(15-13-29)25-22-7-6-21(26)17-23(22)19(5-3-10-30-11-9-27-18-30)16-20-4-2-8-28-24(20)25/h2,4,6-9,11,16-18,25H,3,5,10,12-15H2,1H3. The van der Waals surface area contributed by atoms with Crippen LogP contribution in [0.2, 0.25) is 5.02 Å². The molecule has 1 aliphatic carbocycles. The van der Waals surface area contributed by atoms with Gasteiger partial charge in [0, 0.05) is 56.3 Å². The van der Waals surface area contributed by atoms with E-state index in [1.807, 2.05) is 37.1 Å². The molecule has 5 nitrogen and oxygen atoms in total. The topological polar surface area (TPSA) is 37.2 Å². The second-order valence-corrected chi connectivity index (χ2v) is 8.96. The number of imidazole rings is 1. The molecule has 0 saturated carbocycles. The normalized spacial score (nSPS) is 19.4. The molecule has 31 heavy (non-hydrogen) atoms. The number of pyridine rings is 1. The van der Waals surface area contributed by atoms with E-state index in [1.54, 1.807) is 0 Å². The smallest absolute Gasteiger partial charge is 0.0945 e. The van der Waals surface area contributed by atoms with Gasteiger partial charge in [-0.3, -0.25) is 9.88 Å². The van der Waals surface area contributed by atoms with Crippen LogP contribution >= 0.6 is 11.6 Å².